The van der Waals surface area contributed by atoms with Crippen LogP contribution in [0, 0.1) is 0 Å². The molecular weight excluding hydrogens is 258 g/mol. The third-order valence-electron chi connectivity index (χ3n) is 3.68. The minimum atomic E-state index is 0.485. The van der Waals surface area contributed by atoms with Crippen LogP contribution in [0.15, 0.2) is 66.9 Å². The lowest BCUT2D eigenvalue weighted by Crippen LogP contribution is -2.09. The lowest BCUT2D eigenvalue weighted by atomic mass is 10.0. The highest BCUT2D eigenvalue weighted by molar-refractivity contribution is 5.62. The molecule has 3 rings (SSSR count). The number of aromatic nitrogens is 2. The van der Waals surface area contributed by atoms with Crippen LogP contribution < -0.4 is 5.32 Å². The normalized spacial score (nSPS) is 12.0. The molecule has 21 heavy (non-hydrogen) atoms. The molecule has 2 N–H and O–H groups in total. The van der Waals surface area contributed by atoms with Gasteiger partial charge in [-0.25, -0.2) is 0 Å². The number of benzene rings is 2. The number of rotatable bonds is 5. The smallest absolute Gasteiger partial charge is 0.0650 e. The topological polar surface area (TPSA) is 40.7 Å². The Labute approximate surface area is 125 Å². The zero-order chi connectivity index (χ0) is 14.5. The molecule has 0 aliphatic heterocycles. The first kappa shape index (κ1) is 13.4. The zero-order valence-electron chi connectivity index (χ0n) is 12.1. The van der Waals surface area contributed by atoms with E-state index in [-0.39, 0.29) is 0 Å². The SMILES string of the molecule is CC(CNc1ccc(-c2ccn[nH]2)cc1)c1ccccc1. The van der Waals surface area contributed by atoms with E-state index >= 15 is 0 Å². The standard InChI is InChI=1S/C18H19N3/c1-14(15-5-3-2-4-6-15)13-19-17-9-7-16(8-10-17)18-11-12-20-21-18/h2-12,14,19H,13H2,1H3,(H,20,21). The summed E-state index contributed by atoms with van der Waals surface area (Å²) in [5, 5.41) is 10.4. The van der Waals surface area contributed by atoms with E-state index in [2.05, 4.69) is 77.0 Å². The van der Waals surface area contributed by atoms with Gasteiger partial charge in [-0.15, -0.1) is 0 Å². The molecular formula is C18H19N3. The van der Waals surface area contributed by atoms with Crippen LogP contribution in [0.5, 0.6) is 0 Å². The largest absolute Gasteiger partial charge is 0.384 e. The molecule has 3 aromatic rings. The van der Waals surface area contributed by atoms with Crippen molar-refractivity contribution in [2.45, 2.75) is 12.8 Å². The van der Waals surface area contributed by atoms with Gasteiger partial charge in [0.1, 0.15) is 0 Å². The average molecular weight is 277 g/mol. The first-order valence-electron chi connectivity index (χ1n) is 7.21. The van der Waals surface area contributed by atoms with E-state index in [1.54, 1.807) is 6.20 Å². The Bertz CT molecular complexity index is 657. The number of hydrogen-bond acceptors (Lipinski definition) is 2. The molecule has 0 radical (unpaired) electrons. The summed E-state index contributed by atoms with van der Waals surface area (Å²) in [6.07, 6.45) is 1.77. The van der Waals surface area contributed by atoms with Crippen LogP contribution in [-0.2, 0) is 0 Å². The van der Waals surface area contributed by atoms with Gasteiger partial charge < -0.3 is 5.32 Å². The van der Waals surface area contributed by atoms with Crippen LogP contribution >= 0.6 is 0 Å². The summed E-state index contributed by atoms with van der Waals surface area (Å²) in [5.41, 5.74) is 4.69. The summed E-state index contributed by atoms with van der Waals surface area (Å²) in [6.45, 7) is 3.16. The van der Waals surface area contributed by atoms with Crippen molar-refractivity contribution >= 4 is 5.69 Å². The molecule has 0 amide bonds. The predicted molar refractivity (Wildman–Crippen MR) is 87.4 cm³/mol. The highest BCUT2D eigenvalue weighted by Gasteiger charge is 2.04. The fourth-order valence-corrected chi connectivity index (χ4v) is 2.35. The molecule has 3 heteroatoms. The van der Waals surface area contributed by atoms with Gasteiger partial charge in [-0.2, -0.15) is 5.10 Å². The summed E-state index contributed by atoms with van der Waals surface area (Å²) >= 11 is 0. The van der Waals surface area contributed by atoms with Gasteiger partial charge >= 0.3 is 0 Å². The zero-order valence-corrected chi connectivity index (χ0v) is 12.1. The van der Waals surface area contributed by atoms with E-state index in [1.807, 2.05) is 6.07 Å². The van der Waals surface area contributed by atoms with E-state index in [0.717, 1.165) is 23.5 Å². The number of hydrogen-bond donors (Lipinski definition) is 2. The van der Waals surface area contributed by atoms with E-state index in [9.17, 15) is 0 Å². The average Bonchev–Trinajstić information content (AvgIpc) is 3.08. The Morgan fingerprint density at radius 3 is 2.43 bits per heavy atom. The summed E-state index contributed by atoms with van der Waals surface area (Å²) in [5.74, 6) is 0.485. The molecule has 0 spiro atoms. The van der Waals surface area contributed by atoms with Crippen molar-refractivity contribution in [3.05, 3.63) is 72.4 Å². The van der Waals surface area contributed by atoms with Crippen molar-refractivity contribution in [2.24, 2.45) is 0 Å². The molecule has 1 heterocycles. The molecule has 1 unspecified atom stereocenters. The molecule has 0 saturated carbocycles. The Morgan fingerprint density at radius 1 is 1.00 bits per heavy atom. The molecule has 0 aliphatic carbocycles. The van der Waals surface area contributed by atoms with Crippen LogP contribution in [-0.4, -0.2) is 16.7 Å². The second-order valence-electron chi connectivity index (χ2n) is 5.24. The maximum atomic E-state index is 3.97. The van der Waals surface area contributed by atoms with Crippen LogP contribution in [0.25, 0.3) is 11.3 Å². The van der Waals surface area contributed by atoms with E-state index in [4.69, 9.17) is 0 Å². The predicted octanol–water partition coefficient (Wildman–Crippen LogP) is 4.29. The highest BCUT2D eigenvalue weighted by atomic mass is 15.1. The number of nitrogens with one attached hydrogen (secondary N) is 2. The third-order valence-corrected chi connectivity index (χ3v) is 3.68. The molecule has 0 bridgehead atoms. The van der Waals surface area contributed by atoms with Crippen molar-refractivity contribution < 1.29 is 0 Å². The fourth-order valence-electron chi connectivity index (χ4n) is 2.35. The maximum absolute atomic E-state index is 3.97. The Kier molecular flexibility index (Phi) is 4.01. The number of anilines is 1. The minimum absolute atomic E-state index is 0.485. The summed E-state index contributed by atoms with van der Waals surface area (Å²) < 4.78 is 0. The van der Waals surface area contributed by atoms with Gasteiger partial charge in [-0.3, -0.25) is 5.10 Å². The monoisotopic (exact) mass is 277 g/mol. The van der Waals surface area contributed by atoms with Crippen LogP contribution in [0.1, 0.15) is 18.4 Å². The Morgan fingerprint density at radius 2 is 1.76 bits per heavy atom. The van der Waals surface area contributed by atoms with Gasteiger partial charge in [0.15, 0.2) is 0 Å². The van der Waals surface area contributed by atoms with Gasteiger partial charge in [0.2, 0.25) is 0 Å². The van der Waals surface area contributed by atoms with Crippen molar-refractivity contribution in [1.29, 1.82) is 0 Å². The van der Waals surface area contributed by atoms with Crippen molar-refractivity contribution in [3.63, 3.8) is 0 Å². The molecule has 1 aromatic heterocycles. The van der Waals surface area contributed by atoms with Gasteiger partial charge in [-0.1, -0.05) is 49.4 Å². The molecule has 0 fully saturated rings. The number of nitrogens with zero attached hydrogens (tertiary/aromatic N) is 1. The van der Waals surface area contributed by atoms with Crippen molar-refractivity contribution in [2.75, 3.05) is 11.9 Å². The molecule has 3 nitrogen and oxygen atoms in total. The quantitative estimate of drug-likeness (QED) is 0.730. The summed E-state index contributed by atoms with van der Waals surface area (Å²) in [6, 6.07) is 21.0. The summed E-state index contributed by atoms with van der Waals surface area (Å²) in [7, 11) is 0. The lowest BCUT2D eigenvalue weighted by Gasteiger charge is -2.14. The number of aromatic amines is 1. The van der Waals surface area contributed by atoms with Crippen LogP contribution in [0.2, 0.25) is 0 Å². The molecule has 2 aromatic carbocycles. The first-order valence-corrected chi connectivity index (χ1v) is 7.21. The minimum Gasteiger partial charge on any atom is -0.384 e. The molecule has 0 aliphatic rings. The van der Waals surface area contributed by atoms with Crippen molar-refractivity contribution in [1.82, 2.24) is 10.2 Å². The van der Waals surface area contributed by atoms with Gasteiger partial charge in [0, 0.05) is 18.4 Å². The maximum Gasteiger partial charge on any atom is 0.0650 e. The van der Waals surface area contributed by atoms with Crippen LogP contribution in [0.3, 0.4) is 0 Å². The van der Waals surface area contributed by atoms with Gasteiger partial charge in [-0.05, 0) is 35.2 Å². The number of H-pyrrole nitrogens is 1. The fraction of sp³-hybridized carbons (Fsp3) is 0.167. The van der Waals surface area contributed by atoms with Crippen molar-refractivity contribution in [3.8, 4) is 11.3 Å². The van der Waals surface area contributed by atoms with E-state index < -0.39 is 0 Å². The first-order chi connectivity index (χ1) is 10.3. The Balaban J connectivity index is 1.61. The molecule has 0 saturated heterocycles. The molecule has 1 atom stereocenters. The second kappa shape index (κ2) is 6.27. The second-order valence-corrected chi connectivity index (χ2v) is 5.24. The highest BCUT2D eigenvalue weighted by Crippen LogP contribution is 2.20. The van der Waals surface area contributed by atoms with E-state index in [1.165, 1.54) is 5.56 Å². The lowest BCUT2D eigenvalue weighted by molar-refractivity contribution is 0.805. The van der Waals surface area contributed by atoms with Gasteiger partial charge in [0.25, 0.3) is 0 Å². The Hall–Kier alpha value is -2.55. The molecule has 106 valence electrons. The third kappa shape index (κ3) is 3.31. The van der Waals surface area contributed by atoms with E-state index in [0.29, 0.717) is 5.92 Å². The van der Waals surface area contributed by atoms with Crippen LogP contribution in [0.4, 0.5) is 5.69 Å². The summed E-state index contributed by atoms with van der Waals surface area (Å²) in [4.78, 5) is 0. The van der Waals surface area contributed by atoms with Gasteiger partial charge in [0.05, 0.1) is 5.69 Å².